The van der Waals surface area contributed by atoms with Crippen molar-refractivity contribution in [2.24, 2.45) is 5.73 Å². The maximum Gasteiger partial charge on any atom is 0.347 e. The highest BCUT2D eigenvalue weighted by Crippen LogP contribution is 2.39. The molecule has 0 rings (SSSR count). The summed E-state index contributed by atoms with van der Waals surface area (Å²) in [7, 11) is -4.08. The Morgan fingerprint density at radius 2 is 2.00 bits per heavy atom. The van der Waals surface area contributed by atoms with Crippen LogP contribution in [0.4, 0.5) is 0 Å². The standard InChI is InChI=1S/C6H15N2O3P/c1-4(7)5(2)8-6(3)12(9,10)11/h4,6,8H,2,7H2,1,3H3,(H2,9,10,11)/t4-,6+/m0/s1. The number of hydrogen-bond acceptors (Lipinski definition) is 3. The number of nitrogens with two attached hydrogens (primary N) is 1. The fourth-order valence-electron chi connectivity index (χ4n) is 0.484. The van der Waals surface area contributed by atoms with Crippen LogP contribution in [-0.2, 0) is 4.57 Å². The summed E-state index contributed by atoms with van der Waals surface area (Å²) in [6.45, 7) is 6.59. The molecule has 0 amide bonds. The van der Waals surface area contributed by atoms with Gasteiger partial charge in [-0.05, 0) is 13.8 Å². The van der Waals surface area contributed by atoms with Crippen LogP contribution in [0.15, 0.2) is 12.3 Å². The Morgan fingerprint density at radius 1 is 1.58 bits per heavy atom. The van der Waals surface area contributed by atoms with E-state index < -0.39 is 13.4 Å². The fourth-order valence-corrected chi connectivity index (χ4v) is 0.818. The van der Waals surface area contributed by atoms with E-state index in [0.717, 1.165) is 0 Å². The van der Waals surface area contributed by atoms with Crippen molar-refractivity contribution >= 4 is 7.60 Å². The number of rotatable bonds is 4. The van der Waals surface area contributed by atoms with E-state index in [4.69, 9.17) is 15.5 Å². The highest BCUT2D eigenvalue weighted by atomic mass is 31.2. The first-order valence-corrected chi connectivity index (χ1v) is 5.19. The molecule has 0 aromatic rings. The third kappa shape index (κ3) is 3.88. The quantitative estimate of drug-likeness (QED) is 0.471. The van der Waals surface area contributed by atoms with Gasteiger partial charge in [-0.15, -0.1) is 0 Å². The Labute approximate surface area is 71.8 Å². The Kier molecular flexibility index (Phi) is 3.93. The van der Waals surface area contributed by atoms with Crippen LogP contribution in [0.3, 0.4) is 0 Å². The second-order valence-corrected chi connectivity index (χ2v) is 4.68. The molecular formula is C6H15N2O3P. The summed E-state index contributed by atoms with van der Waals surface area (Å²) in [4.78, 5) is 17.4. The topological polar surface area (TPSA) is 95.6 Å². The highest BCUT2D eigenvalue weighted by Gasteiger charge is 2.24. The molecule has 5 nitrogen and oxygen atoms in total. The Bertz CT molecular complexity index is 211. The van der Waals surface area contributed by atoms with Gasteiger partial charge in [0.05, 0.1) is 0 Å². The van der Waals surface area contributed by atoms with Crippen molar-refractivity contribution in [3.8, 4) is 0 Å². The molecule has 0 aliphatic heterocycles. The van der Waals surface area contributed by atoms with Crippen molar-refractivity contribution < 1.29 is 14.4 Å². The van der Waals surface area contributed by atoms with E-state index in [0.29, 0.717) is 5.70 Å². The minimum absolute atomic E-state index is 0.320. The van der Waals surface area contributed by atoms with E-state index in [1.165, 1.54) is 6.92 Å². The van der Waals surface area contributed by atoms with Gasteiger partial charge in [-0.3, -0.25) is 4.57 Å². The zero-order valence-corrected chi connectivity index (χ0v) is 8.08. The van der Waals surface area contributed by atoms with Gasteiger partial charge in [-0.25, -0.2) is 0 Å². The molecular weight excluding hydrogens is 179 g/mol. The minimum Gasteiger partial charge on any atom is -0.374 e. The van der Waals surface area contributed by atoms with Crippen LogP contribution in [-0.4, -0.2) is 21.6 Å². The summed E-state index contributed by atoms with van der Waals surface area (Å²) in [5.74, 6) is -0.934. The lowest BCUT2D eigenvalue weighted by atomic mass is 10.3. The first-order valence-electron chi connectivity index (χ1n) is 3.51. The van der Waals surface area contributed by atoms with Crippen LogP contribution < -0.4 is 11.1 Å². The van der Waals surface area contributed by atoms with E-state index in [9.17, 15) is 4.57 Å². The van der Waals surface area contributed by atoms with Crippen molar-refractivity contribution in [2.75, 3.05) is 0 Å². The van der Waals surface area contributed by atoms with Crippen LogP contribution in [0.5, 0.6) is 0 Å². The number of hydrogen-bond donors (Lipinski definition) is 4. The van der Waals surface area contributed by atoms with E-state index in [1.807, 2.05) is 0 Å². The SMILES string of the molecule is C=C(N[C@@H](C)P(=O)(O)O)[C@H](C)N. The largest absolute Gasteiger partial charge is 0.374 e. The lowest BCUT2D eigenvalue weighted by Crippen LogP contribution is -2.33. The summed E-state index contributed by atoms with van der Waals surface area (Å²) in [5, 5.41) is 2.54. The van der Waals surface area contributed by atoms with Gasteiger partial charge in [0.15, 0.2) is 0 Å². The summed E-state index contributed by atoms with van der Waals surface area (Å²) < 4.78 is 10.6. The summed E-state index contributed by atoms with van der Waals surface area (Å²) in [5.41, 5.74) is 5.83. The van der Waals surface area contributed by atoms with Crippen LogP contribution >= 0.6 is 7.60 Å². The molecule has 72 valence electrons. The third-order valence-electron chi connectivity index (χ3n) is 1.45. The van der Waals surface area contributed by atoms with Crippen molar-refractivity contribution in [2.45, 2.75) is 25.7 Å². The summed E-state index contributed by atoms with van der Waals surface area (Å²) in [6, 6.07) is -0.320. The molecule has 0 unspecified atom stereocenters. The first kappa shape index (κ1) is 11.6. The summed E-state index contributed by atoms with van der Waals surface area (Å²) in [6.07, 6.45) is 0. The van der Waals surface area contributed by atoms with Gasteiger partial charge >= 0.3 is 7.60 Å². The van der Waals surface area contributed by atoms with E-state index >= 15 is 0 Å². The molecule has 0 aromatic carbocycles. The van der Waals surface area contributed by atoms with E-state index in [-0.39, 0.29) is 6.04 Å². The van der Waals surface area contributed by atoms with Crippen LogP contribution in [0.1, 0.15) is 13.8 Å². The second kappa shape index (κ2) is 4.05. The van der Waals surface area contributed by atoms with Crippen molar-refractivity contribution in [1.29, 1.82) is 0 Å². The van der Waals surface area contributed by atoms with Gasteiger partial charge in [0.25, 0.3) is 0 Å². The maximum atomic E-state index is 10.6. The predicted octanol–water partition coefficient (Wildman–Crippen LogP) is -0.0394. The Hall–Kier alpha value is -0.350. The van der Waals surface area contributed by atoms with Crippen molar-refractivity contribution in [3.63, 3.8) is 0 Å². The number of nitrogens with one attached hydrogen (secondary N) is 1. The van der Waals surface area contributed by atoms with Gasteiger partial charge in [0, 0.05) is 11.7 Å². The molecule has 5 N–H and O–H groups in total. The minimum atomic E-state index is -4.08. The van der Waals surface area contributed by atoms with E-state index in [1.54, 1.807) is 6.92 Å². The van der Waals surface area contributed by atoms with Gasteiger partial charge in [0.1, 0.15) is 5.78 Å². The first-order chi connectivity index (χ1) is 5.25. The van der Waals surface area contributed by atoms with E-state index in [2.05, 4.69) is 11.9 Å². The molecule has 0 spiro atoms. The van der Waals surface area contributed by atoms with Gasteiger partial charge in [-0.2, -0.15) is 0 Å². The third-order valence-corrected chi connectivity index (χ3v) is 2.59. The molecule has 0 aliphatic rings. The maximum absolute atomic E-state index is 10.6. The molecule has 0 saturated carbocycles. The van der Waals surface area contributed by atoms with Gasteiger partial charge in [0.2, 0.25) is 0 Å². The highest BCUT2D eigenvalue weighted by molar-refractivity contribution is 7.52. The molecule has 0 fully saturated rings. The molecule has 0 aliphatic carbocycles. The van der Waals surface area contributed by atoms with Crippen molar-refractivity contribution in [1.82, 2.24) is 5.32 Å². The predicted molar refractivity (Wildman–Crippen MR) is 47.4 cm³/mol. The fraction of sp³-hybridized carbons (Fsp3) is 0.667. The van der Waals surface area contributed by atoms with Crippen LogP contribution in [0.25, 0.3) is 0 Å². The molecule has 6 heteroatoms. The lowest BCUT2D eigenvalue weighted by Gasteiger charge is -2.19. The average molecular weight is 194 g/mol. The van der Waals surface area contributed by atoms with Crippen LogP contribution in [0.2, 0.25) is 0 Å². The normalized spacial score (nSPS) is 16.8. The molecule has 12 heavy (non-hydrogen) atoms. The molecule has 0 aromatic heterocycles. The average Bonchev–Trinajstić information content (AvgIpc) is 1.85. The summed E-state index contributed by atoms with van der Waals surface area (Å²) >= 11 is 0. The molecule has 0 radical (unpaired) electrons. The van der Waals surface area contributed by atoms with Crippen molar-refractivity contribution in [3.05, 3.63) is 12.3 Å². The molecule has 0 heterocycles. The second-order valence-electron chi connectivity index (χ2n) is 2.72. The monoisotopic (exact) mass is 194 g/mol. The van der Waals surface area contributed by atoms with Crippen LogP contribution in [0, 0.1) is 0 Å². The zero-order valence-electron chi connectivity index (χ0n) is 7.19. The van der Waals surface area contributed by atoms with Gasteiger partial charge in [-0.1, -0.05) is 6.58 Å². The Balaban J connectivity index is 4.11. The lowest BCUT2D eigenvalue weighted by molar-refractivity contribution is 0.354. The zero-order chi connectivity index (χ0) is 9.94. The molecule has 0 bridgehead atoms. The molecule has 2 atom stereocenters. The molecule has 0 saturated heterocycles. The van der Waals surface area contributed by atoms with Gasteiger partial charge < -0.3 is 20.8 Å². The smallest absolute Gasteiger partial charge is 0.347 e. The Morgan fingerprint density at radius 3 is 2.25 bits per heavy atom.